The first-order chi connectivity index (χ1) is 21.4. The van der Waals surface area contributed by atoms with Crippen molar-refractivity contribution in [2.24, 2.45) is 0 Å². The van der Waals surface area contributed by atoms with Crippen LogP contribution in [0.15, 0.2) is 133 Å². The molecule has 5 aromatic rings. The number of fused-ring (bicyclic) bond motifs is 6. The molecule has 9 rings (SSSR count). The van der Waals surface area contributed by atoms with Crippen molar-refractivity contribution >= 4 is 38.5 Å². The van der Waals surface area contributed by atoms with Gasteiger partial charge in [0.1, 0.15) is 0 Å². The van der Waals surface area contributed by atoms with Gasteiger partial charge in [-0.1, -0.05) is 0 Å². The van der Waals surface area contributed by atoms with Gasteiger partial charge in [-0.25, -0.2) is 0 Å². The summed E-state index contributed by atoms with van der Waals surface area (Å²) in [7, 11) is 12.7. The van der Waals surface area contributed by atoms with E-state index < -0.39 is 28.6 Å². The quantitative estimate of drug-likeness (QED) is 0.164. The van der Waals surface area contributed by atoms with E-state index in [4.69, 9.17) is 0 Å². The Hall–Kier alpha value is -2.33. The van der Waals surface area contributed by atoms with Crippen LogP contribution in [0.4, 0.5) is 0 Å². The third-order valence-corrected chi connectivity index (χ3v) is 70.5. The second kappa shape index (κ2) is 9.59. The van der Waals surface area contributed by atoms with Crippen molar-refractivity contribution in [3.63, 3.8) is 0 Å². The molecule has 0 heterocycles. The summed E-state index contributed by atoms with van der Waals surface area (Å²) in [6.07, 6.45) is 15.1. The fourth-order valence-electron chi connectivity index (χ4n) is 8.99. The van der Waals surface area contributed by atoms with Crippen molar-refractivity contribution in [3.8, 4) is 11.1 Å². The molecule has 4 aliphatic carbocycles. The van der Waals surface area contributed by atoms with Crippen LogP contribution in [-0.2, 0) is 35.0 Å². The van der Waals surface area contributed by atoms with Gasteiger partial charge in [-0.3, -0.25) is 0 Å². The van der Waals surface area contributed by atoms with Crippen molar-refractivity contribution in [2.75, 3.05) is 0 Å². The minimum absolute atomic E-state index is 0.0245. The van der Waals surface area contributed by atoms with Gasteiger partial charge >= 0.3 is 274 Å². The molecule has 0 aromatic heterocycles. The average Bonchev–Trinajstić information content (AvgIpc) is 3.85. The van der Waals surface area contributed by atoms with E-state index in [0.29, 0.717) is 0 Å². The van der Waals surface area contributed by atoms with Crippen LogP contribution < -0.4 is 3.27 Å². The Kier molecular flexibility index (Phi) is 6.09. The molecule has 0 N–H and O–H groups in total. The van der Waals surface area contributed by atoms with Crippen molar-refractivity contribution in [3.05, 3.63) is 178 Å². The number of benzene rings is 5. The first kappa shape index (κ1) is 27.9. The van der Waals surface area contributed by atoms with Crippen molar-refractivity contribution in [2.45, 2.75) is 17.3 Å². The van der Waals surface area contributed by atoms with Crippen LogP contribution in [0.5, 0.6) is 0 Å². The molecule has 0 fully saturated rings. The van der Waals surface area contributed by atoms with Crippen LogP contribution in [0.1, 0.15) is 55.4 Å². The van der Waals surface area contributed by atoms with Gasteiger partial charge in [0, 0.05) is 0 Å². The predicted octanol–water partition coefficient (Wildman–Crippen LogP) is 10.7. The van der Waals surface area contributed by atoms with E-state index in [2.05, 4.69) is 152 Å². The Morgan fingerprint density at radius 3 is 1.50 bits per heavy atom. The van der Waals surface area contributed by atoms with Crippen LogP contribution in [0, 0.1) is 0 Å². The molecule has 4 heteroatoms. The minimum atomic E-state index is -5.86. The molecule has 5 aromatic carbocycles. The molecule has 0 spiro atoms. The summed E-state index contributed by atoms with van der Waals surface area (Å²) in [5.41, 5.74) is 13.3. The van der Waals surface area contributed by atoms with Crippen LogP contribution >= 0.6 is 17.0 Å². The first-order valence-electron chi connectivity index (χ1n) is 15.5. The van der Waals surface area contributed by atoms with E-state index in [1.165, 1.54) is 58.9 Å². The third kappa shape index (κ3) is 3.64. The first-order valence-corrected chi connectivity index (χ1v) is 35.8. The molecule has 3 unspecified atom stereocenters. The van der Waals surface area contributed by atoms with Gasteiger partial charge in [-0.05, 0) is 0 Å². The van der Waals surface area contributed by atoms with Gasteiger partial charge in [0.2, 0.25) is 0 Å². The van der Waals surface area contributed by atoms with E-state index >= 15 is 0 Å². The predicted molar refractivity (Wildman–Crippen MR) is 181 cm³/mol. The Balaban J connectivity index is 1.39. The summed E-state index contributed by atoms with van der Waals surface area (Å²) in [5, 5.41) is 0. The van der Waals surface area contributed by atoms with E-state index in [0.717, 1.165) is 6.42 Å². The molecule has 44 heavy (non-hydrogen) atoms. The van der Waals surface area contributed by atoms with Gasteiger partial charge in [-0.2, -0.15) is 0 Å². The topological polar surface area (TPSA) is 0 Å². The summed E-state index contributed by atoms with van der Waals surface area (Å²) in [5.74, 6) is 0. The Morgan fingerprint density at radius 2 is 0.955 bits per heavy atom. The summed E-state index contributed by atoms with van der Waals surface area (Å²) >= 11 is -1.81. The molecular weight excluding hydrogens is 734 g/mol. The molecule has 0 amide bonds. The van der Waals surface area contributed by atoms with Crippen molar-refractivity contribution < 1.29 is 28.6 Å². The molecule has 0 saturated carbocycles. The van der Waals surface area contributed by atoms with E-state index in [1.807, 2.05) is 0 Å². The Labute approximate surface area is 270 Å². The molecule has 0 saturated heterocycles. The number of hydrogen-bond donors (Lipinski definition) is 0. The summed E-state index contributed by atoms with van der Waals surface area (Å²) < 4.78 is 1.40. The molecule has 3 atom stereocenters. The van der Waals surface area contributed by atoms with E-state index in [9.17, 15) is 17.0 Å². The van der Waals surface area contributed by atoms with Crippen LogP contribution in [0.25, 0.3) is 29.4 Å². The maximum atomic E-state index is 9.29. The SMILES string of the molecule is [Cl][Zr]([Cl])([Zr][c]1cccc2c1Cc1ccccc1-2)([CH]1C=Cc2ccccc21)([CH]1C=Cc2ccccc21)[CH]1C=Cc2ccccc21. The number of allylic oxidation sites excluding steroid dienone is 3. The molecule has 0 radical (unpaired) electrons. The van der Waals surface area contributed by atoms with Crippen molar-refractivity contribution in [1.29, 1.82) is 0 Å². The molecule has 0 aliphatic heterocycles. The second-order valence-corrected chi connectivity index (χ2v) is 74.7. The summed E-state index contributed by atoms with van der Waals surface area (Å²) in [6, 6.07) is 42.4. The molecule has 212 valence electrons. The van der Waals surface area contributed by atoms with E-state index in [1.54, 1.807) is 0 Å². The van der Waals surface area contributed by atoms with Crippen molar-refractivity contribution in [1.82, 2.24) is 0 Å². The second-order valence-electron chi connectivity index (χ2n) is 13.0. The van der Waals surface area contributed by atoms with Gasteiger partial charge in [0.25, 0.3) is 0 Å². The number of halogens is 2. The molecular formula is C40H30Cl2Zr2. The van der Waals surface area contributed by atoms with Crippen LogP contribution in [0.2, 0.25) is 0 Å². The number of rotatable bonds is 5. The summed E-state index contributed by atoms with van der Waals surface area (Å²) in [4.78, 5) is 0. The number of hydrogen-bond acceptors (Lipinski definition) is 0. The van der Waals surface area contributed by atoms with Gasteiger partial charge in [0.15, 0.2) is 0 Å². The maximum absolute atomic E-state index is 9.29. The van der Waals surface area contributed by atoms with E-state index in [-0.39, 0.29) is 10.9 Å². The molecule has 4 aliphatic rings. The normalized spacial score (nSPS) is 21.6. The monoisotopic (exact) mass is 760 g/mol. The average molecular weight is 764 g/mol. The standard InChI is InChI=1S/C13H9.3C9H7.2ClH.2Zr/c1-3-7-12-10(5-1)9-11-6-2-4-8-13(11)12;3*1-2-5-9-7-3-6-8(9)4-1;;;;/h1-5,7-8H,9H2;3*1-7H;2*1H;;/q;;;;;;;+2/p-2. The van der Waals surface area contributed by atoms with Crippen LogP contribution in [-0.4, -0.2) is 0 Å². The van der Waals surface area contributed by atoms with Crippen LogP contribution in [0.3, 0.4) is 0 Å². The van der Waals surface area contributed by atoms with Gasteiger partial charge < -0.3 is 0 Å². The zero-order chi connectivity index (χ0) is 29.6. The van der Waals surface area contributed by atoms with Gasteiger partial charge in [0.05, 0.1) is 0 Å². The zero-order valence-electron chi connectivity index (χ0n) is 24.1. The molecule has 0 nitrogen and oxygen atoms in total. The Morgan fingerprint density at radius 1 is 0.500 bits per heavy atom. The fraction of sp³-hybridized carbons (Fsp3) is 0.100. The third-order valence-electron chi connectivity index (χ3n) is 10.9. The molecule has 0 bridgehead atoms. The fourth-order valence-corrected chi connectivity index (χ4v) is 72.4. The Bertz CT molecular complexity index is 1980. The summed E-state index contributed by atoms with van der Waals surface area (Å²) in [6.45, 7) is 0. The van der Waals surface area contributed by atoms with Gasteiger partial charge in [-0.15, -0.1) is 0 Å². The zero-order valence-corrected chi connectivity index (χ0v) is 30.6.